The number of primary amides is 1. The van der Waals surface area contributed by atoms with Crippen molar-refractivity contribution in [1.29, 1.82) is 0 Å². The van der Waals surface area contributed by atoms with Crippen LogP contribution in [0.25, 0.3) is 0 Å². The largest absolute Gasteiger partial charge is 0.481 e. The Morgan fingerprint density at radius 3 is 2.35 bits per heavy atom. The summed E-state index contributed by atoms with van der Waals surface area (Å²) < 4.78 is 11.6. The van der Waals surface area contributed by atoms with Gasteiger partial charge < -0.3 is 10.8 Å². The van der Waals surface area contributed by atoms with Gasteiger partial charge in [0.25, 0.3) is 0 Å². The maximum absolute atomic E-state index is 11.6. The Labute approximate surface area is 100 Å². The summed E-state index contributed by atoms with van der Waals surface area (Å²) in [5, 5.41) is 10.5. The van der Waals surface area contributed by atoms with Crippen LogP contribution in [0.1, 0.15) is 19.3 Å². The van der Waals surface area contributed by atoms with Crippen LogP contribution in [0.2, 0.25) is 0 Å². The highest BCUT2D eigenvalue weighted by Crippen LogP contribution is 2.49. The Kier molecular flexibility index (Phi) is 4.22. The van der Waals surface area contributed by atoms with Crippen LogP contribution in [-0.4, -0.2) is 38.7 Å². The number of urea groups is 1. The van der Waals surface area contributed by atoms with Gasteiger partial charge in [0.1, 0.15) is 5.75 Å². The van der Waals surface area contributed by atoms with Gasteiger partial charge in [-0.3, -0.25) is 19.1 Å². The minimum Gasteiger partial charge on any atom is -0.481 e. The zero-order chi connectivity index (χ0) is 13.1. The molecule has 3 amide bonds. The zero-order valence-electron chi connectivity index (χ0n) is 9.10. The standard InChI is InChI=1S/C9H14N2O5S/c10-8(15)11-6(12)4-17(16)5-9(1-2-9)3-7(13)14/h1-5H2,(H,13,14)(H3,10,11,12,15). The number of carbonyl (C=O) groups excluding carboxylic acids is 2. The summed E-state index contributed by atoms with van der Waals surface area (Å²) >= 11 is 0. The lowest BCUT2D eigenvalue weighted by Gasteiger charge is -2.11. The fourth-order valence-corrected chi connectivity index (χ4v) is 3.12. The van der Waals surface area contributed by atoms with Gasteiger partial charge in [-0.15, -0.1) is 0 Å². The summed E-state index contributed by atoms with van der Waals surface area (Å²) in [5.41, 5.74) is 4.30. The number of carbonyl (C=O) groups is 3. The minimum atomic E-state index is -1.47. The molecular weight excluding hydrogens is 248 g/mol. The maximum Gasteiger partial charge on any atom is 0.318 e. The molecular formula is C9H14N2O5S. The normalized spacial score (nSPS) is 18.1. The van der Waals surface area contributed by atoms with Crippen molar-refractivity contribution in [2.24, 2.45) is 11.1 Å². The summed E-state index contributed by atoms with van der Waals surface area (Å²) in [6, 6.07) is -0.987. The van der Waals surface area contributed by atoms with Gasteiger partial charge >= 0.3 is 12.0 Å². The van der Waals surface area contributed by atoms with Crippen LogP contribution in [0.3, 0.4) is 0 Å². The molecule has 0 spiro atoms. The number of carboxylic acids is 1. The first-order valence-electron chi connectivity index (χ1n) is 4.99. The Morgan fingerprint density at radius 1 is 1.35 bits per heavy atom. The molecule has 0 aromatic rings. The van der Waals surface area contributed by atoms with E-state index in [0.717, 1.165) is 0 Å². The van der Waals surface area contributed by atoms with E-state index in [4.69, 9.17) is 10.8 Å². The monoisotopic (exact) mass is 262 g/mol. The van der Waals surface area contributed by atoms with E-state index in [1.165, 1.54) is 0 Å². The van der Waals surface area contributed by atoms with Gasteiger partial charge in [0, 0.05) is 16.6 Å². The molecule has 1 aliphatic rings. The smallest absolute Gasteiger partial charge is 0.318 e. The highest BCUT2D eigenvalue weighted by atomic mass is 32.2. The molecule has 8 heteroatoms. The van der Waals surface area contributed by atoms with Gasteiger partial charge in [0.05, 0.1) is 6.42 Å². The molecule has 0 aliphatic heterocycles. The maximum atomic E-state index is 11.6. The number of nitrogens with one attached hydrogen (secondary N) is 1. The number of imide groups is 1. The SMILES string of the molecule is NC(=O)NC(=O)CS(=O)CC1(CC(=O)O)CC1. The molecule has 1 atom stereocenters. The quantitative estimate of drug-likeness (QED) is 0.576. The van der Waals surface area contributed by atoms with E-state index in [0.29, 0.717) is 12.8 Å². The summed E-state index contributed by atoms with van der Waals surface area (Å²) in [6.07, 6.45) is 1.39. The average Bonchev–Trinajstić information content (AvgIpc) is 2.79. The predicted octanol–water partition coefficient (Wildman–Crippen LogP) is -0.815. The molecule has 4 N–H and O–H groups in total. The van der Waals surface area contributed by atoms with E-state index in [-0.39, 0.29) is 17.9 Å². The van der Waals surface area contributed by atoms with Crippen LogP contribution < -0.4 is 11.1 Å². The zero-order valence-corrected chi connectivity index (χ0v) is 9.92. The molecule has 0 aromatic carbocycles. The third-order valence-electron chi connectivity index (χ3n) is 2.51. The first kappa shape index (κ1) is 13.6. The van der Waals surface area contributed by atoms with Gasteiger partial charge in [0.2, 0.25) is 5.91 Å². The van der Waals surface area contributed by atoms with Crippen molar-refractivity contribution < 1.29 is 23.7 Å². The fraction of sp³-hybridized carbons (Fsp3) is 0.667. The summed E-state index contributed by atoms with van der Waals surface area (Å²) in [7, 11) is -1.47. The second-order valence-corrected chi connectivity index (χ2v) is 5.67. The topological polar surface area (TPSA) is 127 Å². The third-order valence-corrected chi connectivity index (χ3v) is 4.02. The fourth-order valence-electron chi connectivity index (χ4n) is 1.58. The molecule has 1 rings (SSSR count). The summed E-state index contributed by atoms with van der Waals surface area (Å²) in [5.74, 6) is -1.79. The lowest BCUT2D eigenvalue weighted by atomic mass is 10.1. The lowest BCUT2D eigenvalue weighted by Crippen LogP contribution is -2.38. The van der Waals surface area contributed by atoms with E-state index in [9.17, 15) is 18.6 Å². The van der Waals surface area contributed by atoms with Crippen LogP contribution in [-0.2, 0) is 20.4 Å². The molecule has 1 saturated carbocycles. The van der Waals surface area contributed by atoms with Gasteiger partial charge in [-0.05, 0) is 18.3 Å². The summed E-state index contributed by atoms with van der Waals surface area (Å²) in [4.78, 5) is 32.0. The number of nitrogens with two attached hydrogens (primary N) is 1. The third kappa shape index (κ3) is 4.94. The van der Waals surface area contributed by atoms with Crippen LogP contribution >= 0.6 is 0 Å². The van der Waals surface area contributed by atoms with Crippen LogP contribution in [0.4, 0.5) is 4.79 Å². The molecule has 0 radical (unpaired) electrons. The highest BCUT2D eigenvalue weighted by molar-refractivity contribution is 7.85. The van der Waals surface area contributed by atoms with Crippen molar-refractivity contribution in [2.75, 3.05) is 11.5 Å². The molecule has 0 bridgehead atoms. The van der Waals surface area contributed by atoms with Crippen molar-refractivity contribution in [1.82, 2.24) is 5.32 Å². The Morgan fingerprint density at radius 2 is 1.94 bits per heavy atom. The van der Waals surface area contributed by atoms with Gasteiger partial charge in [-0.2, -0.15) is 0 Å². The first-order chi connectivity index (χ1) is 7.83. The second kappa shape index (κ2) is 5.26. The van der Waals surface area contributed by atoms with E-state index in [1.54, 1.807) is 0 Å². The van der Waals surface area contributed by atoms with E-state index in [2.05, 4.69) is 0 Å². The van der Waals surface area contributed by atoms with Gasteiger partial charge in [-0.25, -0.2) is 4.79 Å². The van der Waals surface area contributed by atoms with Gasteiger partial charge in [-0.1, -0.05) is 0 Å². The highest BCUT2D eigenvalue weighted by Gasteiger charge is 2.45. The second-order valence-electron chi connectivity index (χ2n) is 4.21. The number of hydrogen-bond acceptors (Lipinski definition) is 4. The van der Waals surface area contributed by atoms with Crippen molar-refractivity contribution in [3.05, 3.63) is 0 Å². The van der Waals surface area contributed by atoms with Crippen LogP contribution in [0.5, 0.6) is 0 Å². The summed E-state index contributed by atoms with van der Waals surface area (Å²) in [6.45, 7) is 0. The molecule has 0 heterocycles. The Balaban J connectivity index is 2.37. The van der Waals surface area contributed by atoms with Crippen molar-refractivity contribution in [3.8, 4) is 0 Å². The first-order valence-corrected chi connectivity index (χ1v) is 6.48. The number of hydrogen-bond donors (Lipinski definition) is 3. The van der Waals surface area contributed by atoms with E-state index in [1.807, 2.05) is 5.32 Å². The molecule has 96 valence electrons. The average molecular weight is 262 g/mol. The molecule has 1 aliphatic carbocycles. The number of aliphatic carboxylic acids is 1. The van der Waals surface area contributed by atoms with E-state index >= 15 is 0 Å². The minimum absolute atomic E-state index is 0.0316. The van der Waals surface area contributed by atoms with Crippen LogP contribution in [0, 0.1) is 5.41 Å². The number of amides is 3. The van der Waals surface area contributed by atoms with Crippen molar-refractivity contribution in [3.63, 3.8) is 0 Å². The molecule has 17 heavy (non-hydrogen) atoms. The molecule has 1 fully saturated rings. The Hall–Kier alpha value is -1.44. The Bertz CT molecular complexity index is 378. The van der Waals surface area contributed by atoms with Gasteiger partial charge in [0.15, 0.2) is 0 Å². The van der Waals surface area contributed by atoms with Crippen molar-refractivity contribution in [2.45, 2.75) is 19.3 Å². The van der Waals surface area contributed by atoms with Crippen molar-refractivity contribution >= 4 is 28.7 Å². The van der Waals surface area contributed by atoms with Crippen LogP contribution in [0.15, 0.2) is 0 Å². The molecule has 0 saturated heterocycles. The predicted molar refractivity (Wildman–Crippen MR) is 59.5 cm³/mol. The number of carboxylic acid groups (broad SMARTS) is 1. The molecule has 1 unspecified atom stereocenters. The molecule has 0 aromatic heterocycles. The van der Waals surface area contributed by atoms with E-state index < -0.39 is 34.1 Å². The number of rotatable bonds is 6. The molecule has 7 nitrogen and oxygen atoms in total. The lowest BCUT2D eigenvalue weighted by molar-refractivity contribution is -0.138.